The summed E-state index contributed by atoms with van der Waals surface area (Å²) < 4.78 is 25.7. The van der Waals surface area contributed by atoms with Gasteiger partial charge in [0.05, 0.1) is 11.3 Å². The highest BCUT2D eigenvalue weighted by molar-refractivity contribution is 5.67. The zero-order valence-electron chi connectivity index (χ0n) is 9.24. The third-order valence-electron chi connectivity index (χ3n) is 2.38. The Bertz CT molecular complexity index is 633. The number of nitrogens with zero attached hydrogens (tertiary/aromatic N) is 1. The molecule has 0 bridgehead atoms. The molecule has 0 heterocycles. The minimum atomic E-state index is -0.929. The number of rotatable bonds is 2. The van der Waals surface area contributed by atoms with Crippen molar-refractivity contribution >= 4 is 17.1 Å². The van der Waals surface area contributed by atoms with E-state index in [-0.39, 0.29) is 0 Å². The molecule has 0 radical (unpaired) electrons. The van der Waals surface area contributed by atoms with Gasteiger partial charge in [0.15, 0.2) is 11.6 Å². The van der Waals surface area contributed by atoms with Crippen molar-refractivity contribution < 1.29 is 8.78 Å². The Kier molecular flexibility index (Phi) is 3.11. The van der Waals surface area contributed by atoms with Crippen LogP contribution in [-0.4, -0.2) is 0 Å². The highest BCUT2D eigenvalue weighted by Crippen LogP contribution is 2.22. The van der Waals surface area contributed by atoms with Gasteiger partial charge < -0.3 is 11.1 Å². The van der Waals surface area contributed by atoms with Gasteiger partial charge in [0.25, 0.3) is 0 Å². The maximum atomic E-state index is 13.0. The van der Waals surface area contributed by atoms with E-state index in [1.54, 1.807) is 18.2 Å². The number of nitriles is 1. The van der Waals surface area contributed by atoms with Crippen molar-refractivity contribution in [2.45, 2.75) is 0 Å². The summed E-state index contributed by atoms with van der Waals surface area (Å²) in [5.74, 6) is -1.83. The van der Waals surface area contributed by atoms with Gasteiger partial charge in [-0.15, -0.1) is 0 Å². The van der Waals surface area contributed by atoms with Gasteiger partial charge in [-0.05, 0) is 30.3 Å². The highest BCUT2D eigenvalue weighted by Gasteiger charge is 2.04. The van der Waals surface area contributed by atoms with Crippen LogP contribution in [0, 0.1) is 23.0 Å². The number of hydrogen-bond acceptors (Lipinski definition) is 3. The van der Waals surface area contributed by atoms with Crippen LogP contribution < -0.4 is 11.1 Å². The molecular weight excluding hydrogens is 236 g/mol. The average Bonchev–Trinajstić information content (AvgIpc) is 2.34. The molecule has 0 spiro atoms. The Morgan fingerprint density at radius 1 is 1.00 bits per heavy atom. The van der Waals surface area contributed by atoms with E-state index in [9.17, 15) is 8.78 Å². The summed E-state index contributed by atoms with van der Waals surface area (Å²) >= 11 is 0. The fraction of sp³-hybridized carbons (Fsp3) is 0. The normalized spacial score (nSPS) is 9.83. The van der Waals surface area contributed by atoms with E-state index in [4.69, 9.17) is 11.0 Å². The van der Waals surface area contributed by atoms with Crippen LogP contribution in [0.2, 0.25) is 0 Å². The summed E-state index contributed by atoms with van der Waals surface area (Å²) in [6, 6.07) is 10.2. The van der Waals surface area contributed by atoms with Gasteiger partial charge in [0.1, 0.15) is 6.07 Å². The number of hydrogen-bond donors (Lipinski definition) is 2. The predicted molar refractivity (Wildman–Crippen MR) is 65.2 cm³/mol. The van der Waals surface area contributed by atoms with Crippen molar-refractivity contribution in [3.8, 4) is 6.07 Å². The fourth-order valence-electron chi connectivity index (χ4n) is 1.48. The summed E-state index contributed by atoms with van der Waals surface area (Å²) in [5.41, 5.74) is 7.33. The molecule has 2 aromatic carbocycles. The fourth-order valence-corrected chi connectivity index (χ4v) is 1.48. The lowest BCUT2D eigenvalue weighted by Crippen LogP contribution is -1.96. The molecular formula is C13H9F2N3. The summed E-state index contributed by atoms with van der Waals surface area (Å²) in [5, 5.41) is 11.6. The van der Waals surface area contributed by atoms with Crippen LogP contribution >= 0.6 is 0 Å². The van der Waals surface area contributed by atoms with Gasteiger partial charge in [-0.2, -0.15) is 5.26 Å². The Morgan fingerprint density at radius 2 is 1.67 bits per heavy atom. The first kappa shape index (κ1) is 11.9. The van der Waals surface area contributed by atoms with E-state index in [1.807, 2.05) is 6.07 Å². The Balaban J connectivity index is 2.26. The maximum absolute atomic E-state index is 13.0. The molecule has 3 N–H and O–H groups in total. The molecule has 3 nitrogen and oxygen atoms in total. The van der Waals surface area contributed by atoms with E-state index < -0.39 is 11.6 Å². The molecule has 0 aliphatic carbocycles. The van der Waals surface area contributed by atoms with E-state index in [1.165, 1.54) is 6.07 Å². The lowest BCUT2D eigenvalue weighted by atomic mass is 10.1. The predicted octanol–water partition coefficient (Wildman–Crippen LogP) is 3.16. The van der Waals surface area contributed by atoms with Crippen LogP contribution in [0.4, 0.5) is 25.8 Å². The van der Waals surface area contributed by atoms with Crippen molar-refractivity contribution in [1.29, 1.82) is 5.26 Å². The molecule has 2 rings (SSSR count). The lowest BCUT2D eigenvalue weighted by Gasteiger charge is -2.08. The van der Waals surface area contributed by atoms with Crippen LogP contribution in [-0.2, 0) is 0 Å². The van der Waals surface area contributed by atoms with Crippen molar-refractivity contribution in [2.24, 2.45) is 0 Å². The Hall–Kier alpha value is -2.61. The molecule has 0 unspecified atom stereocenters. The summed E-state index contributed by atoms with van der Waals surface area (Å²) in [7, 11) is 0. The molecule has 0 atom stereocenters. The van der Waals surface area contributed by atoms with E-state index in [0.717, 1.165) is 12.1 Å². The number of anilines is 3. The van der Waals surface area contributed by atoms with Crippen LogP contribution in [0.15, 0.2) is 36.4 Å². The maximum Gasteiger partial charge on any atom is 0.160 e. The smallest absolute Gasteiger partial charge is 0.160 e. The van der Waals surface area contributed by atoms with E-state index in [0.29, 0.717) is 22.6 Å². The standard InChI is InChI=1S/C13H9F2N3/c14-11-4-3-9(5-12(11)15)18-10-2-1-8(7-16)13(17)6-10/h1-6,18H,17H2. The van der Waals surface area contributed by atoms with Gasteiger partial charge in [-0.25, -0.2) is 8.78 Å². The van der Waals surface area contributed by atoms with Crippen LogP contribution in [0.25, 0.3) is 0 Å². The zero-order chi connectivity index (χ0) is 13.1. The van der Waals surface area contributed by atoms with Gasteiger partial charge in [0, 0.05) is 17.4 Å². The van der Waals surface area contributed by atoms with Gasteiger partial charge >= 0.3 is 0 Å². The molecule has 2 aromatic rings. The van der Waals surface area contributed by atoms with Crippen LogP contribution in [0.5, 0.6) is 0 Å². The topological polar surface area (TPSA) is 61.8 Å². The molecule has 0 aliphatic heterocycles. The van der Waals surface area contributed by atoms with Gasteiger partial charge in [0.2, 0.25) is 0 Å². The largest absolute Gasteiger partial charge is 0.398 e. The SMILES string of the molecule is N#Cc1ccc(Nc2ccc(F)c(F)c2)cc1N. The Morgan fingerprint density at radius 3 is 2.28 bits per heavy atom. The molecule has 90 valence electrons. The lowest BCUT2D eigenvalue weighted by molar-refractivity contribution is 0.509. The van der Waals surface area contributed by atoms with Crippen molar-refractivity contribution in [2.75, 3.05) is 11.1 Å². The number of nitrogens with one attached hydrogen (secondary N) is 1. The van der Waals surface area contributed by atoms with Crippen molar-refractivity contribution in [3.05, 3.63) is 53.6 Å². The summed E-state index contributed by atoms with van der Waals surface area (Å²) in [4.78, 5) is 0. The van der Waals surface area contributed by atoms with Crippen molar-refractivity contribution in [1.82, 2.24) is 0 Å². The number of nitrogen functional groups attached to an aromatic ring is 1. The first-order valence-corrected chi connectivity index (χ1v) is 5.12. The second-order valence-electron chi connectivity index (χ2n) is 3.67. The van der Waals surface area contributed by atoms with E-state index >= 15 is 0 Å². The molecule has 5 heteroatoms. The minimum absolute atomic E-state index is 0.324. The van der Waals surface area contributed by atoms with E-state index in [2.05, 4.69) is 5.32 Å². The van der Waals surface area contributed by atoms with Gasteiger partial charge in [-0.3, -0.25) is 0 Å². The monoisotopic (exact) mass is 245 g/mol. The first-order valence-electron chi connectivity index (χ1n) is 5.12. The number of nitrogens with two attached hydrogens (primary N) is 1. The molecule has 0 aliphatic rings. The van der Waals surface area contributed by atoms with Crippen LogP contribution in [0.1, 0.15) is 5.56 Å². The van der Waals surface area contributed by atoms with Crippen molar-refractivity contribution in [3.63, 3.8) is 0 Å². The molecule has 0 amide bonds. The number of halogens is 2. The summed E-state index contributed by atoms with van der Waals surface area (Å²) in [6.45, 7) is 0. The molecule has 0 saturated heterocycles. The minimum Gasteiger partial charge on any atom is -0.398 e. The first-order chi connectivity index (χ1) is 8.60. The second kappa shape index (κ2) is 4.72. The number of benzene rings is 2. The zero-order valence-corrected chi connectivity index (χ0v) is 9.24. The van der Waals surface area contributed by atoms with Gasteiger partial charge in [-0.1, -0.05) is 0 Å². The third-order valence-corrected chi connectivity index (χ3v) is 2.38. The molecule has 18 heavy (non-hydrogen) atoms. The second-order valence-corrected chi connectivity index (χ2v) is 3.67. The molecule has 0 fully saturated rings. The molecule has 0 aromatic heterocycles. The Labute approximate surface area is 102 Å². The third kappa shape index (κ3) is 2.38. The highest BCUT2D eigenvalue weighted by atomic mass is 19.2. The average molecular weight is 245 g/mol. The summed E-state index contributed by atoms with van der Waals surface area (Å²) in [6.07, 6.45) is 0. The van der Waals surface area contributed by atoms with Crippen LogP contribution in [0.3, 0.4) is 0 Å². The quantitative estimate of drug-likeness (QED) is 0.799. The molecule has 0 saturated carbocycles.